The molecule has 0 aromatic carbocycles. The van der Waals surface area contributed by atoms with Gasteiger partial charge in [0.05, 0.1) is 5.69 Å². The van der Waals surface area contributed by atoms with Crippen molar-refractivity contribution in [1.82, 2.24) is 9.38 Å². The lowest BCUT2D eigenvalue weighted by atomic mass is 10.2. The Bertz CT molecular complexity index is 526. The van der Waals surface area contributed by atoms with E-state index in [1.807, 2.05) is 43.5 Å². The quantitative estimate of drug-likeness (QED) is 0.701. The Morgan fingerprint density at radius 3 is 2.87 bits per heavy atom. The molecule has 0 aliphatic carbocycles. The molecule has 0 aliphatic heterocycles. The van der Waals surface area contributed by atoms with Crippen LogP contribution in [0.25, 0.3) is 5.65 Å². The average Bonchev–Trinajstić information content (AvgIpc) is 2.52. The highest BCUT2D eigenvalue weighted by Crippen LogP contribution is 2.14. The van der Waals surface area contributed by atoms with E-state index in [-0.39, 0.29) is 5.78 Å². The topological polar surface area (TPSA) is 34.4 Å². The number of ketones is 1. The normalized spacial score (nSPS) is 10.9. The summed E-state index contributed by atoms with van der Waals surface area (Å²) in [5, 5.41) is 0. The summed E-state index contributed by atoms with van der Waals surface area (Å²) in [6, 6.07) is 3.97. The summed E-state index contributed by atoms with van der Waals surface area (Å²) in [6.45, 7) is 5.77. The Morgan fingerprint density at radius 1 is 1.47 bits per heavy atom. The van der Waals surface area contributed by atoms with E-state index in [4.69, 9.17) is 0 Å². The molecule has 78 valence electrons. The van der Waals surface area contributed by atoms with Crippen LogP contribution in [0.4, 0.5) is 0 Å². The second kappa shape index (κ2) is 3.50. The van der Waals surface area contributed by atoms with E-state index >= 15 is 0 Å². The average molecular weight is 202 g/mol. The van der Waals surface area contributed by atoms with Crippen molar-refractivity contribution in [2.75, 3.05) is 0 Å². The van der Waals surface area contributed by atoms with Crippen LogP contribution in [0, 0.1) is 13.8 Å². The number of pyridine rings is 1. The smallest absolute Gasteiger partial charge is 0.181 e. The van der Waals surface area contributed by atoms with E-state index in [2.05, 4.69) is 4.98 Å². The third kappa shape index (κ3) is 1.54. The minimum atomic E-state index is 0.142. The van der Waals surface area contributed by atoms with Crippen LogP contribution in [-0.4, -0.2) is 15.2 Å². The molecule has 2 aromatic heterocycles. The maximum atomic E-state index is 11.7. The van der Waals surface area contributed by atoms with Crippen molar-refractivity contribution in [3.63, 3.8) is 0 Å². The van der Waals surface area contributed by atoms with Crippen molar-refractivity contribution in [2.45, 2.75) is 27.2 Å². The van der Waals surface area contributed by atoms with E-state index in [9.17, 15) is 4.79 Å². The second-order valence-electron chi connectivity index (χ2n) is 3.75. The number of aryl methyl sites for hydroxylation is 2. The number of carbonyl (C=O) groups is 1. The highest BCUT2D eigenvalue weighted by Gasteiger charge is 2.14. The number of nitrogens with zero attached hydrogens (tertiary/aromatic N) is 2. The number of carbonyl (C=O) groups excluding carboxylic acids is 1. The van der Waals surface area contributed by atoms with E-state index in [1.165, 1.54) is 0 Å². The Morgan fingerprint density at radius 2 is 2.20 bits per heavy atom. The maximum absolute atomic E-state index is 11.7. The largest absolute Gasteiger partial charge is 0.297 e. The molecule has 3 heteroatoms. The molecule has 0 fully saturated rings. The third-order valence-electron chi connectivity index (χ3n) is 2.54. The molecule has 0 aliphatic rings. The third-order valence-corrected chi connectivity index (χ3v) is 2.54. The predicted molar refractivity (Wildman–Crippen MR) is 59.3 cm³/mol. The summed E-state index contributed by atoms with van der Waals surface area (Å²) in [5.74, 6) is 0.142. The number of hydrogen-bond acceptors (Lipinski definition) is 2. The second-order valence-corrected chi connectivity index (χ2v) is 3.75. The fourth-order valence-electron chi connectivity index (χ4n) is 1.77. The maximum Gasteiger partial charge on any atom is 0.181 e. The lowest BCUT2D eigenvalue weighted by Crippen LogP contribution is -2.03. The van der Waals surface area contributed by atoms with Crippen molar-refractivity contribution in [1.29, 1.82) is 0 Å². The van der Waals surface area contributed by atoms with Gasteiger partial charge in [-0.2, -0.15) is 0 Å². The van der Waals surface area contributed by atoms with Crippen molar-refractivity contribution >= 4 is 11.4 Å². The van der Waals surface area contributed by atoms with Gasteiger partial charge in [-0.15, -0.1) is 0 Å². The van der Waals surface area contributed by atoms with Crippen LogP contribution in [0.3, 0.4) is 0 Å². The lowest BCUT2D eigenvalue weighted by molar-refractivity contribution is 0.0982. The molecular formula is C12H14N2O. The number of hydrogen-bond donors (Lipinski definition) is 0. The van der Waals surface area contributed by atoms with Gasteiger partial charge in [-0.3, -0.25) is 9.20 Å². The first-order valence-corrected chi connectivity index (χ1v) is 5.12. The summed E-state index contributed by atoms with van der Waals surface area (Å²) in [4.78, 5) is 16.1. The molecule has 0 spiro atoms. The van der Waals surface area contributed by atoms with Crippen molar-refractivity contribution in [3.05, 3.63) is 35.3 Å². The molecule has 2 heterocycles. The molecule has 15 heavy (non-hydrogen) atoms. The van der Waals surface area contributed by atoms with E-state index in [1.54, 1.807) is 0 Å². The van der Waals surface area contributed by atoms with Gasteiger partial charge in [0.25, 0.3) is 0 Å². The number of rotatable bonds is 2. The fourth-order valence-corrected chi connectivity index (χ4v) is 1.77. The first kappa shape index (κ1) is 9.90. The van der Waals surface area contributed by atoms with Crippen LogP contribution < -0.4 is 0 Å². The summed E-state index contributed by atoms with van der Waals surface area (Å²) < 4.78 is 1.87. The molecule has 0 saturated carbocycles. The lowest BCUT2D eigenvalue weighted by Gasteiger charge is -2.00. The predicted octanol–water partition coefficient (Wildman–Crippen LogP) is 2.54. The van der Waals surface area contributed by atoms with Gasteiger partial charge in [0.1, 0.15) is 11.3 Å². The molecule has 0 bridgehead atoms. The van der Waals surface area contributed by atoms with Gasteiger partial charge in [0.15, 0.2) is 5.78 Å². The van der Waals surface area contributed by atoms with Crippen LogP contribution in [0.1, 0.15) is 35.1 Å². The van der Waals surface area contributed by atoms with Crippen LogP contribution in [0.5, 0.6) is 0 Å². The first-order valence-electron chi connectivity index (χ1n) is 5.12. The number of imidazole rings is 1. The van der Waals surface area contributed by atoms with Gasteiger partial charge in [0.2, 0.25) is 0 Å². The Kier molecular flexibility index (Phi) is 2.31. The number of fused-ring (bicyclic) bond motifs is 1. The van der Waals surface area contributed by atoms with Gasteiger partial charge >= 0.3 is 0 Å². The zero-order valence-electron chi connectivity index (χ0n) is 9.24. The first-order chi connectivity index (χ1) is 7.13. The summed E-state index contributed by atoms with van der Waals surface area (Å²) in [6.07, 6.45) is 2.43. The monoisotopic (exact) mass is 202 g/mol. The molecule has 0 atom stereocenters. The van der Waals surface area contributed by atoms with Gasteiger partial charge in [-0.25, -0.2) is 4.98 Å². The van der Waals surface area contributed by atoms with Gasteiger partial charge < -0.3 is 0 Å². The zero-order valence-corrected chi connectivity index (χ0v) is 9.24. The Hall–Kier alpha value is -1.64. The minimum Gasteiger partial charge on any atom is -0.297 e. The van der Waals surface area contributed by atoms with Crippen LogP contribution >= 0.6 is 0 Å². The van der Waals surface area contributed by atoms with Crippen LogP contribution in [-0.2, 0) is 0 Å². The molecule has 0 N–H and O–H groups in total. The molecule has 3 nitrogen and oxygen atoms in total. The Balaban J connectivity index is 2.73. The van der Waals surface area contributed by atoms with E-state index in [0.717, 1.165) is 16.9 Å². The molecular weight excluding hydrogens is 188 g/mol. The molecule has 2 rings (SSSR count). The Labute approximate surface area is 88.8 Å². The fraction of sp³-hybridized carbons (Fsp3) is 0.333. The van der Waals surface area contributed by atoms with Crippen molar-refractivity contribution < 1.29 is 4.79 Å². The molecule has 0 saturated heterocycles. The summed E-state index contributed by atoms with van der Waals surface area (Å²) in [7, 11) is 0. The molecule has 0 radical (unpaired) electrons. The van der Waals surface area contributed by atoms with Gasteiger partial charge in [-0.1, -0.05) is 6.92 Å². The van der Waals surface area contributed by atoms with Gasteiger partial charge in [-0.05, 0) is 31.5 Å². The highest BCUT2D eigenvalue weighted by molar-refractivity contribution is 5.96. The van der Waals surface area contributed by atoms with Crippen LogP contribution in [0.2, 0.25) is 0 Å². The standard InChI is InChI=1S/C12H14N2O/c1-4-10(15)12-9(3)13-11-7-8(2)5-6-14(11)12/h5-7H,4H2,1-3H3. The van der Waals surface area contributed by atoms with Crippen molar-refractivity contribution in [2.24, 2.45) is 0 Å². The van der Waals surface area contributed by atoms with E-state index < -0.39 is 0 Å². The number of Topliss-reactive ketones (excluding diaryl/α,β-unsaturated/α-hetero) is 1. The molecule has 2 aromatic rings. The van der Waals surface area contributed by atoms with Crippen LogP contribution in [0.15, 0.2) is 18.3 Å². The SMILES string of the molecule is CCC(=O)c1c(C)nc2cc(C)ccn12. The number of aromatic nitrogens is 2. The minimum absolute atomic E-state index is 0.142. The highest BCUT2D eigenvalue weighted by atomic mass is 16.1. The molecule has 0 amide bonds. The molecule has 0 unspecified atom stereocenters. The van der Waals surface area contributed by atoms with Gasteiger partial charge in [0, 0.05) is 12.6 Å². The van der Waals surface area contributed by atoms with E-state index in [0.29, 0.717) is 12.1 Å². The summed E-state index contributed by atoms with van der Waals surface area (Å²) >= 11 is 0. The summed E-state index contributed by atoms with van der Waals surface area (Å²) in [5.41, 5.74) is 3.53. The van der Waals surface area contributed by atoms with Crippen molar-refractivity contribution in [3.8, 4) is 0 Å². The zero-order chi connectivity index (χ0) is 11.0.